The molecule has 150 valence electrons. The lowest BCUT2D eigenvalue weighted by Crippen LogP contribution is -1.98. The van der Waals surface area contributed by atoms with Crippen molar-refractivity contribution in [3.8, 4) is 27.3 Å². The standard InChI is InChI=1S/C24H16Cl2O3S/c25-17-7-9-22(29-14-15-4-2-1-3-5-15)19(13-17)18-10-11-30-23(18)16-6-8-21(26)20(12-16)24(27)28/h1-13H,14H2,(H,27,28). The van der Waals surface area contributed by atoms with E-state index in [2.05, 4.69) is 0 Å². The summed E-state index contributed by atoms with van der Waals surface area (Å²) in [6.07, 6.45) is 0. The van der Waals surface area contributed by atoms with Crippen LogP contribution in [-0.2, 0) is 6.61 Å². The van der Waals surface area contributed by atoms with Gasteiger partial charge in [0.25, 0.3) is 0 Å². The molecule has 6 heteroatoms. The first-order valence-corrected chi connectivity index (χ1v) is 10.7. The first-order chi connectivity index (χ1) is 14.5. The van der Waals surface area contributed by atoms with Crippen molar-refractivity contribution in [2.45, 2.75) is 6.61 Å². The number of thiophene rings is 1. The molecule has 1 heterocycles. The molecule has 0 spiro atoms. The maximum Gasteiger partial charge on any atom is 0.337 e. The Balaban J connectivity index is 1.74. The van der Waals surface area contributed by atoms with Crippen molar-refractivity contribution < 1.29 is 14.6 Å². The number of aromatic carboxylic acids is 1. The largest absolute Gasteiger partial charge is 0.488 e. The summed E-state index contributed by atoms with van der Waals surface area (Å²) in [7, 11) is 0. The summed E-state index contributed by atoms with van der Waals surface area (Å²) < 4.78 is 6.10. The molecule has 1 aromatic heterocycles. The normalized spacial score (nSPS) is 10.7. The third-order valence-corrected chi connectivity index (χ3v) is 6.12. The summed E-state index contributed by atoms with van der Waals surface area (Å²) in [5.74, 6) is -0.357. The second kappa shape index (κ2) is 8.92. The first kappa shape index (κ1) is 20.5. The maximum atomic E-state index is 11.5. The van der Waals surface area contributed by atoms with Crippen LogP contribution in [-0.4, -0.2) is 11.1 Å². The molecule has 0 bridgehead atoms. The number of carboxylic acids is 1. The van der Waals surface area contributed by atoms with Gasteiger partial charge < -0.3 is 9.84 Å². The van der Waals surface area contributed by atoms with Crippen molar-refractivity contribution in [3.63, 3.8) is 0 Å². The Morgan fingerprint density at radius 1 is 0.933 bits per heavy atom. The van der Waals surface area contributed by atoms with E-state index < -0.39 is 5.97 Å². The summed E-state index contributed by atoms with van der Waals surface area (Å²) in [5, 5.41) is 12.2. The van der Waals surface area contributed by atoms with E-state index in [1.807, 2.05) is 60.0 Å². The summed E-state index contributed by atoms with van der Waals surface area (Å²) >= 11 is 13.8. The van der Waals surface area contributed by atoms with Gasteiger partial charge in [-0.15, -0.1) is 11.3 Å². The predicted octanol–water partition coefficient (Wildman–Crippen LogP) is 7.67. The second-order valence-electron chi connectivity index (χ2n) is 6.58. The average molecular weight is 455 g/mol. The van der Waals surface area contributed by atoms with Crippen LogP contribution >= 0.6 is 34.5 Å². The Hall–Kier alpha value is -2.79. The van der Waals surface area contributed by atoms with E-state index in [1.165, 1.54) is 11.3 Å². The molecule has 30 heavy (non-hydrogen) atoms. The van der Waals surface area contributed by atoms with Crippen LogP contribution in [0.15, 0.2) is 78.2 Å². The van der Waals surface area contributed by atoms with E-state index in [-0.39, 0.29) is 10.6 Å². The number of ether oxygens (including phenoxy) is 1. The Morgan fingerprint density at radius 3 is 2.50 bits per heavy atom. The molecule has 0 amide bonds. The molecule has 0 aliphatic heterocycles. The predicted molar refractivity (Wildman–Crippen MR) is 123 cm³/mol. The van der Waals surface area contributed by atoms with Gasteiger partial charge in [-0.1, -0.05) is 59.6 Å². The highest BCUT2D eigenvalue weighted by Crippen LogP contribution is 2.42. The zero-order valence-electron chi connectivity index (χ0n) is 15.6. The van der Waals surface area contributed by atoms with E-state index in [0.29, 0.717) is 17.4 Å². The van der Waals surface area contributed by atoms with Gasteiger partial charge in [0, 0.05) is 21.0 Å². The Morgan fingerprint density at radius 2 is 1.73 bits per heavy atom. The van der Waals surface area contributed by atoms with Crippen molar-refractivity contribution in [1.29, 1.82) is 0 Å². The van der Waals surface area contributed by atoms with Crippen molar-refractivity contribution in [1.82, 2.24) is 0 Å². The van der Waals surface area contributed by atoms with E-state index in [4.69, 9.17) is 27.9 Å². The van der Waals surface area contributed by atoms with E-state index >= 15 is 0 Å². The topological polar surface area (TPSA) is 46.5 Å². The summed E-state index contributed by atoms with van der Waals surface area (Å²) in [6.45, 7) is 0.430. The molecule has 0 saturated carbocycles. The highest BCUT2D eigenvalue weighted by molar-refractivity contribution is 7.14. The lowest BCUT2D eigenvalue weighted by molar-refractivity contribution is 0.0697. The number of rotatable bonds is 6. The first-order valence-electron chi connectivity index (χ1n) is 9.10. The molecule has 4 rings (SSSR count). The van der Waals surface area contributed by atoms with Gasteiger partial charge in [-0.3, -0.25) is 0 Å². The van der Waals surface area contributed by atoms with Crippen LogP contribution < -0.4 is 4.74 Å². The van der Waals surface area contributed by atoms with Crippen molar-refractivity contribution in [2.75, 3.05) is 0 Å². The minimum Gasteiger partial charge on any atom is -0.488 e. The van der Waals surface area contributed by atoms with Crippen LogP contribution in [0.3, 0.4) is 0 Å². The van der Waals surface area contributed by atoms with Crippen molar-refractivity contribution in [2.24, 2.45) is 0 Å². The zero-order valence-corrected chi connectivity index (χ0v) is 18.0. The highest BCUT2D eigenvalue weighted by atomic mass is 35.5. The van der Waals surface area contributed by atoms with Crippen molar-refractivity contribution >= 4 is 40.5 Å². The second-order valence-corrected chi connectivity index (χ2v) is 8.34. The van der Waals surface area contributed by atoms with Crippen LogP contribution in [0.5, 0.6) is 5.75 Å². The summed E-state index contributed by atoms with van der Waals surface area (Å²) in [4.78, 5) is 12.4. The number of carboxylic acid groups (broad SMARTS) is 1. The Labute approximate surface area is 188 Å². The van der Waals surface area contributed by atoms with Crippen molar-refractivity contribution in [3.05, 3.63) is 99.3 Å². The number of hydrogen-bond donors (Lipinski definition) is 1. The summed E-state index contributed by atoms with van der Waals surface area (Å²) in [6, 6.07) is 22.4. The van der Waals surface area contributed by atoms with Crippen LogP contribution in [0, 0.1) is 0 Å². The molecule has 0 fully saturated rings. The van der Waals surface area contributed by atoms with Gasteiger partial charge in [-0.05, 0) is 52.9 Å². The molecule has 3 aromatic carbocycles. The molecule has 0 aliphatic rings. The molecular formula is C24H16Cl2O3S. The number of hydrogen-bond acceptors (Lipinski definition) is 3. The summed E-state index contributed by atoms with van der Waals surface area (Å²) in [5.41, 5.74) is 3.68. The van der Waals surface area contributed by atoms with Gasteiger partial charge in [0.05, 0.1) is 10.6 Å². The van der Waals surface area contributed by atoms with Crippen LogP contribution in [0.1, 0.15) is 15.9 Å². The van der Waals surface area contributed by atoms with Gasteiger partial charge in [-0.2, -0.15) is 0 Å². The quantitative estimate of drug-likeness (QED) is 0.325. The van der Waals surface area contributed by atoms with E-state index in [0.717, 1.165) is 27.1 Å². The Bertz CT molecular complexity index is 1200. The molecule has 0 saturated heterocycles. The minimum atomic E-state index is -1.06. The smallest absolute Gasteiger partial charge is 0.337 e. The zero-order chi connectivity index (χ0) is 21.1. The van der Waals surface area contributed by atoms with Gasteiger partial charge in [-0.25, -0.2) is 4.79 Å². The van der Waals surface area contributed by atoms with Crippen LogP contribution in [0.2, 0.25) is 10.0 Å². The van der Waals surface area contributed by atoms with E-state index in [1.54, 1.807) is 18.2 Å². The van der Waals surface area contributed by atoms with Gasteiger partial charge in [0.2, 0.25) is 0 Å². The monoisotopic (exact) mass is 454 g/mol. The lowest BCUT2D eigenvalue weighted by Gasteiger charge is -2.13. The SMILES string of the molecule is O=C(O)c1cc(-c2sccc2-c2cc(Cl)ccc2OCc2ccccc2)ccc1Cl. The van der Waals surface area contributed by atoms with Gasteiger partial charge in [0.15, 0.2) is 0 Å². The molecule has 4 aromatic rings. The highest BCUT2D eigenvalue weighted by Gasteiger charge is 2.17. The number of halogens is 2. The fourth-order valence-corrected chi connectivity index (χ4v) is 4.43. The molecular weight excluding hydrogens is 439 g/mol. The lowest BCUT2D eigenvalue weighted by atomic mass is 10.0. The molecule has 0 aliphatic carbocycles. The molecule has 3 nitrogen and oxygen atoms in total. The fourth-order valence-electron chi connectivity index (χ4n) is 3.15. The molecule has 0 unspecified atom stereocenters. The van der Waals surface area contributed by atoms with Crippen LogP contribution in [0.25, 0.3) is 21.6 Å². The molecule has 0 radical (unpaired) electrons. The number of carbonyl (C=O) groups is 1. The van der Waals surface area contributed by atoms with E-state index in [9.17, 15) is 9.90 Å². The van der Waals surface area contributed by atoms with Crippen LogP contribution in [0.4, 0.5) is 0 Å². The number of benzene rings is 3. The molecule has 0 atom stereocenters. The van der Waals surface area contributed by atoms with Gasteiger partial charge >= 0.3 is 5.97 Å². The Kier molecular flexibility index (Phi) is 6.09. The van der Waals surface area contributed by atoms with Gasteiger partial charge in [0.1, 0.15) is 12.4 Å². The third-order valence-electron chi connectivity index (χ3n) is 4.59. The fraction of sp³-hybridized carbons (Fsp3) is 0.0417. The maximum absolute atomic E-state index is 11.5. The minimum absolute atomic E-state index is 0.0696. The molecule has 1 N–H and O–H groups in total. The third kappa shape index (κ3) is 4.36. The average Bonchev–Trinajstić information content (AvgIpc) is 3.23.